The average molecular weight is 430 g/mol. The number of fused-ring (bicyclic) bond motifs is 1. The number of aromatic nitrogens is 2. The molecule has 0 spiro atoms. The first-order chi connectivity index (χ1) is 13.9. The summed E-state index contributed by atoms with van der Waals surface area (Å²) in [5, 5.41) is 8.69. The van der Waals surface area contributed by atoms with Gasteiger partial charge in [-0.15, -0.1) is 13.2 Å². The molecule has 0 unspecified atom stereocenters. The zero-order chi connectivity index (χ0) is 22.1. The van der Waals surface area contributed by atoms with Gasteiger partial charge in [0.1, 0.15) is 5.75 Å². The zero-order valence-corrected chi connectivity index (χ0v) is 14.8. The number of imidazole rings is 1. The number of ether oxygens (including phenoxy) is 1. The molecule has 0 atom stereocenters. The summed E-state index contributed by atoms with van der Waals surface area (Å²) in [6.07, 6.45) is -6.63. The zero-order valence-electron chi connectivity index (χ0n) is 14.8. The number of nitrogens with zero attached hydrogens (tertiary/aromatic N) is 2. The predicted molar refractivity (Wildman–Crippen MR) is 92.8 cm³/mol. The Morgan fingerprint density at radius 1 is 1.03 bits per heavy atom. The first kappa shape index (κ1) is 21.2. The molecule has 3 aromatic rings. The molecule has 0 aliphatic rings. The molecule has 3 rings (SSSR count). The summed E-state index contributed by atoms with van der Waals surface area (Å²) in [5.41, 5.74) is 0.870. The van der Waals surface area contributed by atoms with E-state index in [0.29, 0.717) is 17.2 Å². The molecule has 1 N–H and O–H groups in total. The number of benzene rings is 1. The van der Waals surface area contributed by atoms with Crippen LogP contribution in [0.25, 0.3) is 11.6 Å². The van der Waals surface area contributed by atoms with Crippen molar-refractivity contribution in [1.29, 1.82) is 0 Å². The van der Waals surface area contributed by atoms with Gasteiger partial charge in [0.2, 0.25) is 5.82 Å². The van der Waals surface area contributed by atoms with Crippen LogP contribution in [-0.2, 0) is 17.4 Å². The number of alkyl halides is 6. The van der Waals surface area contributed by atoms with Gasteiger partial charge in [-0.25, -0.2) is 9.78 Å². The topological polar surface area (TPSA) is 63.8 Å². The number of carbonyl (C=O) groups is 1. The third kappa shape index (κ3) is 5.10. The molecular weight excluding hydrogens is 418 g/mol. The Morgan fingerprint density at radius 2 is 1.67 bits per heavy atom. The number of hydrogen-bond acceptors (Lipinski definition) is 3. The lowest BCUT2D eigenvalue weighted by molar-refractivity contribution is -0.274. The molecule has 0 fully saturated rings. The summed E-state index contributed by atoms with van der Waals surface area (Å²) in [6, 6.07) is 7.83. The van der Waals surface area contributed by atoms with E-state index in [4.69, 9.17) is 5.11 Å². The van der Waals surface area contributed by atoms with Crippen LogP contribution < -0.4 is 4.74 Å². The van der Waals surface area contributed by atoms with Crippen molar-refractivity contribution in [2.24, 2.45) is 0 Å². The van der Waals surface area contributed by atoms with Gasteiger partial charge in [-0.3, -0.25) is 4.40 Å². The smallest absolute Gasteiger partial charge is 0.478 e. The second-order valence-corrected chi connectivity index (χ2v) is 6.15. The van der Waals surface area contributed by atoms with Gasteiger partial charge in [-0.2, -0.15) is 13.2 Å². The number of carboxylic acid groups (broad SMARTS) is 1. The van der Waals surface area contributed by atoms with Gasteiger partial charge in [0.05, 0.1) is 11.2 Å². The first-order valence-corrected chi connectivity index (χ1v) is 8.26. The predicted octanol–water partition coefficient (Wildman–Crippen LogP) is 4.94. The highest BCUT2D eigenvalue weighted by molar-refractivity contribution is 5.86. The summed E-state index contributed by atoms with van der Waals surface area (Å²) >= 11 is 0. The van der Waals surface area contributed by atoms with Gasteiger partial charge in [0, 0.05) is 12.3 Å². The highest BCUT2D eigenvalue weighted by Crippen LogP contribution is 2.31. The van der Waals surface area contributed by atoms with Crippen molar-refractivity contribution in [3.63, 3.8) is 0 Å². The van der Waals surface area contributed by atoms with Gasteiger partial charge in [-0.05, 0) is 41.8 Å². The number of carboxylic acids is 1. The molecular formula is C19H12F6N2O3. The normalized spacial score (nSPS) is 12.6. The van der Waals surface area contributed by atoms with Crippen LogP contribution in [0.5, 0.6) is 5.75 Å². The first-order valence-electron chi connectivity index (χ1n) is 8.26. The van der Waals surface area contributed by atoms with Crippen molar-refractivity contribution in [3.8, 4) is 5.75 Å². The minimum atomic E-state index is -4.82. The molecule has 5 nitrogen and oxygen atoms in total. The van der Waals surface area contributed by atoms with Crippen molar-refractivity contribution in [2.45, 2.75) is 19.0 Å². The largest absolute Gasteiger partial charge is 0.573 e. The van der Waals surface area contributed by atoms with Crippen LogP contribution in [0.2, 0.25) is 0 Å². The van der Waals surface area contributed by atoms with Crippen molar-refractivity contribution < 1.29 is 41.0 Å². The van der Waals surface area contributed by atoms with E-state index in [9.17, 15) is 31.1 Å². The number of rotatable bonds is 5. The summed E-state index contributed by atoms with van der Waals surface area (Å²) in [5.74, 6) is -2.97. The quantitative estimate of drug-likeness (QED) is 0.460. The Bertz CT molecular complexity index is 1100. The SMILES string of the molecule is O=C(O)/C=C/c1nc(C(F)(F)F)n2cc(Cc3ccc(OC(F)(F)F)cc3)ccc12. The van der Waals surface area contributed by atoms with Gasteiger partial charge in [0.25, 0.3) is 0 Å². The third-order valence-corrected chi connectivity index (χ3v) is 3.93. The van der Waals surface area contributed by atoms with Crippen LogP contribution in [-0.4, -0.2) is 26.8 Å². The van der Waals surface area contributed by atoms with Crippen LogP contribution >= 0.6 is 0 Å². The number of pyridine rings is 1. The number of hydrogen-bond donors (Lipinski definition) is 1. The van der Waals surface area contributed by atoms with Gasteiger partial charge in [-0.1, -0.05) is 18.2 Å². The summed E-state index contributed by atoms with van der Waals surface area (Å²) in [7, 11) is 0. The summed E-state index contributed by atoms with van der Waals surface area (Å²) in [6.45, 7) is 0. The Hall–Kier alpha value is -3.50. The molecule has 30 heavy (non-hydrogen) atoms. The van der Waals surface area contributed by atoms with Crippen molar-refractivity contribution in [2.75, 3.05) is 0 Å². The fourth-order valence-corrected chi connectivity index (χ4v) is 2.78. The fraction of sp³-hybridized carbons (Fsp3) is 0.158. The minimum absolute atomic E-state index is 0.0532. The standard InChI is InChI=1S/C19H12F6N2O3/c20-18(21,22)17-26-14(6-8-16(28)29)15-7-3-12(10-27(15)17)9-11-1-4-13(5-2-11)30-19(23,24)25/h1-8,10H,9H2,(H,28,29)/b8-6+. The van der Waals surface area contributed by atoms with Gasteiger partial charge >= 0.3 is 18.5 Å². The molecule has 0 saturated heterocycles. The lowest BCUT2D eigenvalue weighted by Gasteiger charge is -2.10. The molecule has 0 bridgehead atoms. The highest BCUT2D eigenvalue weighted by Gasteiger charge is 2.37. The van der Waals surface area contributed by atoms with Crippen LogP contribution in [0, 0.1) is 0 Å². The Kier molecular flexibility index (Phi) is 5.47. The van der Waals surface area contributed by atoms with E-state index in [1.165, 1.54) is 30.5 Å². The lowest BCUT2D eigenvalue weighted by atomic mass is 10.1. The molecule has 0 aliphatic heterocycles. The fourth-order valence-electron chi connectivity index (χ4n) is 2.78. The monoisotopic (exact) mass is 430 g/mol. The van der Waals surface area contributed by atoms with Crippen LogP contribution in [0.3, 0.4) is 0 Å². The molecule has 2 heterocycles. The van der Waals surface area contributed by atoms with Crippen molar-refractivity contribution >= 4 is 17.6 Å². The summed E-state index contributed by atoms with van der Waals surface area (Å²) < 4.78 is 81.2. The maximum absolute atomic E-state index is 13.3. The Labute approximate surface area is 164 Å². The van der Waals surface area contributed by atoms with Gasteiger partial charge < -0.3 is 9.84 Å². The molecule has 0 amide bonds. The van der Waals surface area contributed by atoms with E-state index in [1.54, 1.807) is 0 Å². The maximum Gasteiger partial charge on any atom is 0.573 e. The molecule has 0 aliphatic carbocycles. The summed E-state index contributed by atoms with van der Waals surface area (Å²) in [4.78, 5) is 14.1. The van der Waals surface area contributed by atoms with Crippen molar-refractivity contribution in [3.05, 3.63) is 71.3 Å². The molecule has 158 valence electrons. The Morgan fingerprint density at radius 3 is 2.23 bits per heavy atom. The molecule has 2 aromatic heterocycles. The van der Waals surface area contributed by atoms with E-state index in [1.807, 2.05) is 0 Å². The third-order valence-electron chi connectivity index (χ3n) is 3.93. The van der Waals surface area contributed by atoms with Crippen LogP contribution in [0.4, 0.5) is 26.3 Å². The number of halogens is 6. The van der Waals surface area contributed by atoms with E-state index < -0.39 is 30.1 Å². The maximum atomic E-state index is 13.3. The minimum Gasteiger partial charge on any atom is -0.478 e. The van der Waals surface area contributed by atoms with Crippen molar-refractivity contribution in [1.82, 2.24) is 9.38 Å². The second kappa shape index (κ2) is 7.73. The molecule has 1 aromatic carbocycles. The molecule has 11 heteroatoms. The van der Waals surface area contributed by atoms with E-state index in [2.05, 4.69) is 9.72 Å². The van der Waals surface area contributed by atoms with E-state index in [0.717, 1.165) is 22.6 Å². The molecule has 0 radical (unpaired) electrons. The van der Waals surface area contributed by atoms with E-state index >= 15 is 0 Å². The molecule has 0 saturated carbocycles. The average Bonchev–Trinajstić information content (AvgIpc) is 2.99. The van der Waals surface area contributed by atoms with Crippen LogP contribution in [0.1, 0.15) is 22.6 Å². The highest BCUT2D eigenvalue weighted by atomic mass is 19.4. The number of aliphatic carboxylic acids is 1. The van der Waals surface area contributed by atoms with Crippen LogP contribution in [0.15, 0.2) is 48.7 Å². The Balaban J connectivity index is 1.93. The lowest BCUT2D eigenvalue weighted by Crippen LogP contribution is -2.17. The second-order valence-electron chi connectivity index (χ2n) is 6.15. The van der Waals surface area contributed by atoms with E-state index in [-0.39, 0.29) is 17.6 Å². The van der Waals surface area contributed by atoms with Gasteiger partial charge in [0.15, 0.2) is 0 Å².